The number of aromatic nitrogens is 2. The van der Waals surface area contributed by atoms with Gasteiger partial charge in [-0.05, 0) is 13.0 Å². The summed E-state index contributed by atoms with van der Waals surface area (Å²) < 4.78 is 23.2. The van der Waals surface area contributed by atoms with Crippen molar-refractivity contribution in [1.82, 2.24) is 9.72 Å². The van der Waals surface area contributed by atoms with Crippen molar-refractivity contribution < 1.29 is 28.3 Å². The van der Waals surface area contributed by atoms with E-state index in [-0.39, 0.29) is 16.9 Å². The number of halogens is 1. The lowest BCUT2D eigenvalue weighted by Gasteiger charge is -2.09. The number of esters is 1. The molecule has 2 aromatic carbocycles. The summed E-state index contributed by atoms with van der Waals surface area (Å²) in [6.07, 6.45) is 0. The minimum absolute atomic E-state index is 0.155. The second-order valence-electron chi connectivity index (χ2n) is 7.08. The van der Waals surface area contributed by atoms with Crippen LogP contribution in [0.25, 0.3) is 21.5 Å². The number of benzene rings is 2. The lowest BCUT2D eigenvalue weighted by atomic mass is 10.1. The minimum atomic E-state index is -0.585. The van der Waals surface area contributed by atoms with Crippen LogP contribution in [0.5, 0.6) is 11.5 Å². The molecule has 11 heteroatoms. The number of nitrogens with zero attached hydrogens (tertiary/aromatic N) is 3. The fraction of sp³-hybridized carbons (Fsp3) is 0.217. The molecule has 0 aliphatic carbocycles. The predicted molar refractivity (Wildman–Crippen MR) is 127 cm³/mol. The topological polar surface area (TPSA) is 105 Å². The lowest BCUT2D eigenvalue weighted by Crippen LogP contribution is -2.22. The van der Waals surface area contributed by atoms with Gasteiger partial charge in [-0.3, -0.25) is 9.59 Å². The Balaban J connectivity index is 1.91. The lowest BCUT2D eigenvalue weighted by molar-refractivity contribution is -0.141. The number of methoxy groups -OCH3 is 3. The second kappa shape index (κ2) is 9.70. The maximum atomic E-state index is 13.4. The molecule has 0 radical (unpaired) electrons. The summed E-state index contributed by atoms with van der Waals surface area (Å²) in [6, 6.07) is 10.5. The van der Waals surface area contributed by atoms with Crippen LogP contribution in [0.15, 0.2) is 45.9 Å². The molecule has 0 N–H and O–H groups in total. The summed E-state index contributed by atoms with van der Waals surface area (Å²) in [5, 5.41) is 4.45. The monoisotopic (exact) mass is 501 g/mol. The van der Waals surface area contributed by atoms with Crippen molar-refractivity contribution >= 4 is 45.0 Å². The van der Waals surface area contributed by atoms with Gasteiger partial charge in [-0.25, -0.2) is 0 Å². The summed E-state index contributed by atoms with van der Waals surface area (Å²) >= 11 is 7.53. The molecule has 0 unspecified atom stereocenters. The number of fused-ring (bicyclic) bond motifs is 1. The highest BCUT2D eigenvalue weighted by Gasteiger charge is 2.24. The molecule has 0 saturated carbocycles. The Morgan fingerprint density at radius 1 is 1.15 bits per heavy atom. The molecule has 0 bridgehead atoms. The van der Waals surface area contributed by atoms with Gasteiger partial charge in [0.05, 0.1) is 36.6 Å². The van der Waals surface area contributed by atoms with Crippen molar-refractivity contribution in [2.45, 2.75) is 13.5 Å². The Kier molecular flexibility index (Phi) is 6.71. The van der Waals surface area contributed by atoms with E-state index in [9.17, 15) is 9.59 Å². The molecule has 0 spiro atoms. The zero-order valence-electron chi connectivity index (χ0n) is 18.7. The van der Waals surface area contributed by atoms with Gasteiger partial charge in [0.1, 0.15) is 23.6 Å². The van der Waals surface area contributed by atoms with Gasteiger partial charge in [-0.15, -0.1) is 0 Å². The van der Waals surface area contributed by atoms with E-state index in [1.165, 1.54) is 32.7 Å². The number of aryl methyl sites for hydroxylation is 1. The number of ether oxygens (including phenoxy) is 3. The fourth-order valence-corrected chi connectivity index (χ4v) is 4.70. The van der Waals surface area contributed by atoms with Crippen LogP contribution in [0.2, 0.25) is 5.02 Å². The summed E-state index contributed by atoms with van der Waals surface area (Å²) in [4.78, 5) is 30.1. The first-order chi connectivity index (χ1) is 16.4. The molecule has 1 amide bonds. The molecule has 0 atom stereocenters. The standard InChI is InChI=1S/C23H20ClN3O6S/c1-12-20(21(26-33-12)13-7-5-6-8-14(13)24)22(29)25-23-27(11-19(28)32-4)15-9-16(30-2)17(31-3)10-18(15)34-23/h5-10H,11H2,1-4H3. The Morgan fingerprint density at radius 3 is 2.53 bits per heavy atom. The number of amides is 1. The van der Waals surface area contributed by atoms with Gasteiger partial charge in [0, 0.05) is 17.7 Å². The van der Waals surface area contributed by atoms with E-state index < -0.39 is 11.9 Å². The largest absolute Gasteiger partial charge is 0.493 e. The molecule has 0 saturated heterocycles. The minimum Gasteiger partial charge on any atom is -0.493 e. The second-order valence-corrected chi connectivity index (χ2v) is 8.50. The maximum absolute atomic E-state index is 13.4. The van der Waals surface area contributed by atoms with E-state index in [0.29, 0.717) is 39.1 Å². The van der Waals surface area contributed by atoms with E-state index in [1.807, 2.05) is 0 Å². The molecule has 4 rings (SSSR count). The first-order valence-electron chi connectivity index (χ1n) is 10.00. The van der Waals surface area contributed by atoms with Crippen LogP contribution in [0, 0.1) is 6.92 Å². The third-order valence-corrected chi connectivity index (χ3v) is 6.48. The third-order valence-electron chi connectivity index (χ3n) is 5.11. The molecule has 0 aliphatic heterocycles. The van der Waals surface area contributed by atoms with E-state index in [0.717, 1.165) is 4.70 Å². The number of rotatable bonds is 6. The fourth-order valence-electron chi connectivity index (χ4n) is 3.43. The molecule has 0 aliphatic rings. The van der Waals surface area contributed by atoms with Gasteiger partial charge in [0.15, 0.2) is 16.3 Å². The van der Waals surface area contributed by atoms with Crippen molar-refractivity contribution in [1.29, 1.82) is 0 Å². The summed E-state index contributed by atoms with van der Waals surface area (Å²) in [5.41, 5.74) is 1.66. The average molecular weight is 502 g/mol. The van der Waals surface area contributed by atoms with Crippen LogP contribution in [0.3, 0.4) is 0 Å². The van der Waals surface area contributed by atoms with Crippen LogP contribution >= 0.6 is 22.9 Å². The highest BCUT2D eigenvalue weighted by molar-refractivity contribution is 7.16. The van der Waals surface area contributed by atoms with Crippen molar-refractivity contribution in [3.8, 4) is 22.8 Å². The first-order valence-corrected chi connectivity index (χ1v) is 11.2. The molecule has 2 aromatic heterocycles. The van der Waals surface area contributed by atoms with Gasteiger partial charge in [-0.2, -0.15) is 4.99 Å². The van der Waals surface area contributed by atoms with Gasteiger partial charge >= 0.3 is 5.97 Å². The Hall–Kier alpha value is -3.63. The molecule has 176 valence electrons. The number of carbonyl (C=O) groups is 2. The van der Waals surface area contributed by atoms with Crippen LogP contribution in [0.1, 0.15) is 16.1 Å². The van der Waals surface area contributed by atoms with Crippen LogP contribution in [0.4, 0.5) is 0 Å². The predicted octanol–water partition coefficient (Wildman–Crippen LogP) is 4.25. The van der Waals surface area contributed by atoms with E-state index in [1.54, 1.807) is 47.9 Å². The van der Waals surface area contributed by atoms with E-state index in [2.05, 4.69) is 10.1 Å². The molecule has 34 heavy (non-hydrogen) atoms. The van der Waals surface area contributed by atoms with Crippen molar-refractivity contribution in [3.05, 3.63) is 57.5 Å². The Labute approximate surface area is 203 Å². The summed E-state index contributed by atoms with van der Waals surface area (Å²) in [7, 11) is 4.33. The Bertz CT molecular complexity index is 1470. The quantitative estimate of drug-likeness (QED) is 0.363. The number of hydrogen-bond donors (Lipinski definition) is 0. The molecular weight excluding hydrogens is 482 g/mol. The van der Waals surface area contributed by atoms with Crippen molar-refractivity contribution in [3.63, 3.8) is 0 Å². The SMILES string of the molecule is COC(=O)Cn1c(=NC(=O)c2c(-c3ccccc3Cl)noc2C)sc2cc(OC)c(OC)cc21. The summed E-state index contributed by atoms with van der Waals surface area (Å²) in [6.45, 7) is 1.47. The zero-order chi connectivity index (χ0) is 24.4. The summed E-state index contributed by atoms with van der Waals surface area (Å²) in [5.74, 6) is 0.196. The smallest absolute Gasteiger partial charge is 0.325 e. The Morgan fingerprint density at radius 2 is 1.85 bits per heavy atom. The molecule has 9 nitrogen and oxygen atoms in total. The average Bonchev–Trinajstić information content (AvgIpc) is 3.37. The maximum Gasteiger partial charge on any atom is 0.325 e. The normalized spacial score (nSPS) is 11.6. The van der Waals surface area contributed by atoms with Gasteiger partial charge in [-0.1, -0.05) is 46.3 Å². The van der Waals surface area contributed by atoms with Crippen LogP contribution < -0.4 is 14.3 Å². The van der Waals surface area contributed by atoms with E-state index in [4.69, 9.17) is 30.3 Å². The van der Waals surface area contributed by atoms with Crippen molar-refractivity contribution in [2.75, 3.05) is 21.3 Å². The number of hydrogen-bond acceptors (Lipinski definition) is 8. The highest BCUT2D eigenvalue weighted by atomic mass is 35.5. The zero-order valence-corrected chi connectivity index (χ0v) is 20.3. The molecule has 0 fully saturated rings. The molecule has 2 heterocycles. The van der Waals surface area contributed by atoms with Crippen LogP contribution in [-0.4, -0.2) is 42.9 Å². The number of thiazole rings is 1. The highest BCUT2D eigenvalue weighted by Crippen LogP contribution is 2.34. The van der Waals surface area contributed by atoms with Gasteiger partial charge in [0.25, 0.3) is 5.91 Å². The van der Waals surface area contributed by atoms with Crippen molar-refractivity contribution in [2.24, 2.45) is 4.99 Å². The van der Waals surface area contributed by atoms with Gasteiger partial charge in [0.2, 0.25) is 0 Å². The van der Waals surface area contributed by atoms with E-state index >= 15 is 0 Å². The molecule has 4 aromatic rings. The first kappa shape index (κ1) is 23.5. The van der Waals surface area contributed by atoms with Crippen LogP contribution in [-0.2, 0) is 16.1 Å². The third kappa shape index (κ3) is 4.29. The number of carbonyl (C=O) groups excluding carboxylic acids is 2. The van der Waals surface area contributed by atoms with Gasteiger partial charge < -0.3 is 23.3 Å². The molecular formula is C23H20ClN3O6S.